The highest BCUT2D eigenvalue weighted by Gasteiger charge is 2.51. The van der Waals surface area contributed by atoms with Gasteiger partial charge in [0.05, 0.1) is 29.9 Å². The van der Waals surface area contributed by atoms with Gasteiger partial charge >= 0.3 is 23.9 Å². The first-order chi connectivity index (χ1) is 19.8. The van der Waals surface area contributed by atoms with Crippen LogP contribution in [-0.2, 0) is 30.2 Å². The van der Waals surface area contributed by atoms with E-state index in [-0.39, 0.29) is 35.8 Å². The summed E-state index contributed by atoms with van der Waals surface area (Å²) >= 11 is 0. The molecule has 10 nitrogen and oxygen atoms in total. The molecule has 2 heterocycles. The zero-order valence-electron chi connectivity index (χ0n) is 22.4. The minimum Gasteiger partial charge on any atom is -0.457 e. The van der Waals surface area contributed by atoms with Gasteiger partial charge in [-0.25, -0.2) is 14.4 Å². The van der Waals surface area contributed by atoms with Crippen molar-refractivity contribution in [2.45, 2.75) is 44.7 Å². The van der Waals surface area contributed by atoms with Crippen LogP contribution < -0.4 is 9.47 Å². The molecule has 0 saturated carbocycles. The maximum atomic E-state index is 12.7. The lowest BCUT2D eigenvalue weighted by molar-refractivity contribution is -0.151. The van der Waals surface area contributed by atoms with E-state index in [1.54, 1.807) is 12.1 Å². The molecule has 5 rings (SSSR count). The molecule has 2 saturated heterocycles. The van der Waals surface area contributed by atoms with Gasteiger partial charge in [0.15, 0.2) is 12.2 Å². The first-order valence-electron chi connectivity index (χ1n) is 13.2. The van der Waals surface area contributed by atoms with Crippen LogP contribution in [-0.4, -0.2) is 61.5 Å². The molecule has 4 atom stereocenters. The third-order valence-corrected chi connectivity index (χ3v) is 6.74. The number of benzene rings is 3. The van der Waals surface area contributed by atoms with Crippen LogP contribution in [0.2, 0.25) is 0 Å². The highest BCUT2D eigenvalue weighted by molar-refractivity contribution is 5.93. The fraction of sp³-hybridized carbons (Fsp3) is 0.290. The van der Waals surface area contributed by atoms with Gasteiger partial charge in [0, 0.05) is 6.92 Å². The SMILES string of the molecule is CCc1ccc(C(=O)Oc2ccc(C(=O)Oc3ccc(C(=O)OC4COC5C(OC(C)=O)COC45)cc3)cc2)cc1. The topological polar surface area (TPSA) is 124 Å². The largest absolute Gasteiger partial charge is 0.457 e. The van der Waals surface area contributed by atoms with Gasteiger partial charge in [0.2, 0.25) is 0 Å². The maximum absolute atomic E-state index is 12.7. The van der Waals surface area contributed by atoms with E-state index >= 15 is 0 Å². The lowest BCUT2D eigenvalue weighted by Gasteiger charge is -2.17. The third kappa shape index (κ3) is 6.62. The molecule has 2 aliphatic heterocycles. The predicted octanol–water partition coefficient (Wildman–Crippen LogP) is 3.94. The molecule has 3 aromatic carbocycles. The van der Waals surface area contributed by atoms with E-state index < -0.39 is 48.3 Å². The average molecular weight is 561 g/mol. The molecule has 0 radical (unpaired) electrons. The van der Waals surface area contributed by atoms with Crippen molar-refractivity contribution < 1.29 is 47.6 Å². The van der Waals surface area contributed by atoms with Crippen molar-refractivity contribution in [3.05, 3.63) is 95.1 Å². The number of ether oxygens (including phenoxy) is 6. The van der Waals surface area contributed by atoms with Crippen molar-refractivity contribution in [1.82, 2.24) is 0 Å². The quantitative estimate of drug-likeness (QED) is 0.296. The van der Waals surface area contributed by atoms with Crippen molar-refractivity contribution in [2.75, 3.05) is 13.2 Å². The van der Waals surface area contributed by atoms with Crippen LogP contribution >= 0.6 is 0 Å². The van der Waals surface area contributed by atoms with Crippen molar-refractivity contribution in [3.63, 3.8) is 0 Å². The van der Waals surface area contributed by atoms with E-state index in [0.29, 0.717) is 5.56 Å². The lowest BCUT2D eigenvalue weighted by Crippen LogP contribution is -2.35. The number of hydrogen-bond donors (Lipinski definition) is 0. The second-order valence-corrected chi connectivity index (χ2v) is 9.57. The van der Waals surface area contributed by atoms with Crippen LogP contribution in [0.25, 0.3) is 0 Å². The Kier molecular flexibility index (Phi) is 8.42. The number of aryl methyl sites for hydroxylation is 1. The standard InChI is InChI=1S/C31H28O10/c1-3-19-4-6-20(7-5-19)29(33)39-23-12-8-21(9-13-23)30(34)40-24-14-10-22(11-15-24)31(35)41-26-17-37-27-25(38-18(2)32)16-36-28(26)27/h4-15,25-28H,3,16-17H2,1-2H3. The van der Waals surface area contributed by atoms with Crippen LogP contribution in [0.15, 0.2) is 72.8 Å². The van der Waals surface area contributed by atoms with Crippen LogP contribution in [0.1, 0.15) is 50.5 Å². The Hall–Kier alpha value is -4.54. The molecule has 2 aliphatic rings. The summed E-state index contributed by atoms with van der Waals surface area (Å²) in [5.41, 5.74) is 2.05. The van der Waals surface area contributed by atoms with Gasteiger partial charge < -0.3 is 28.4 Å². The zero-order valence-corrected chi connectivity index (χ0v) is 22.4. The second kappa shape index (κ2) is 12.3. The van der Waals surface area contributed by atoms with E-state index in [4.69, 9.17) is 28.4 Å². The Morgan fingerprint density at radius 3 is 1.49 bits per heavy atom. The summed E-state index contributed by atoms with van der Waals surface area (Å²) in [4.78, 5) is 48.9. The molecule has 2 fully saturated rings. The molecule has 0 spiro atoms. The van der Waals surface area contributed by atoms with Crippen molar-refractivity contribution in [3.8, 4) is 11.5 Å². The summed E-state index contributed by atoms with van der Waals surface area (Å²) in [7, 11) is 0. The molecular formula is C31H28O10. The van der Waals surface area contributed by atoms with E-state index in [1.165, 1.54) is 55.5 Å². The van der Waals surface area contributed by atoms with Gasteiger partial charge in [0.25, 0.3) is 0 Å². The Morgan fingerprint density at radius 1 is 0.634 bits per heavy atom. The zero-order chi connectivity index (χ0) is 28.9. The Bertz CT molecular complexity index is 1410. The third-order valence-electron chi connectivity index (χ3n) is 6.74. The monoisotopic (exact) mass is 560 g/mol. The minimum absolute atomic E-state index is 0.124. The van der Waals surface area contributed by atoms with Gasteiger partial charge in [-0.05, 0) is 72.6 Å². The van der Waals surface area contributed by atoms with Crippen LogP contribution in [0.4, 0.5) is 0 Å². The molecule has 4 unspecified atom stereocenters. The summed E-state index contributed by atoms with van der Waals surface area (Å²) in [6.07, 6.45) is -1.32. The van der Waals surface area contributed by atoms with E-state index in [1.807, 2.05) is 19.1 Å². The molecule has 0 amide bonds. The Balaban J connectivity index is 1.12. The van der Waals surface area contributed by atoms with Crippen LogP contribution in [0.5, 0.6) is 11.5 Å². The number of carbonyl (C=O) groups is 4. The van der Waals surface area contributed by atoms with Gasteiger partial charge in [-0.2, -0.15) is 0 Å². The van der Waals surface area contributed by atoms with Crippen LogP contribution in [0.3, 0.4) is 0 Å². The lowest BCUT2D eigenvalue weighted by atomic mass is 10.1. The van der Waals surface area contributed by atoms with Crippen molar-refractivity contribution in [2.24, 2.45) is 0 Å². The molecule has 41 heavy (non-hydrogen) atoms. The van der Waals surface area contributed by atoms with Crippen LogP contribution in [0, 0.1) is 0 Å². The molecule has 0 bridgehead atoms. The summed E-state index contributed by atoms with van der Waals surface area (Å²) in [6.45, 7) is 3.64. The summed E-state index contributed by atoms with van der Waals surface area (Å²) in [6, 6.07) is 19.1. The highest BCUT2D eigenvalue weighted by atomic mass is 16.7. The first kappa shape index (κ1) is 28.0. The van der Waals surface area contributed by atoms with Gasteiger partial charge in [0.1, 0.15) is 23.7 Å². The van der Waals surface area contributed by atoms with Crippen molar-refractivity contribution >= 4 is 23.9 Å². The molecule has 0 aromatic heterocycles. The Labute approximate surface area is 236 Å². The number of hydrogen-bond acceptors (Lipinski definition) is 10. The van der Waals surface area contributed by atoms with Gasteiger partial charge in [-0.15, -0.1) is 0 Å². The normalized spacial score (nSPS) is 21.0. The van der Waals surface area contributed by atoms with E-state index in [0.717, 1.165) is 12.0 Å². The summed E-state index contributed by atoms with van der Waals surface area (Å²) < 4.78 is 32.8. The van der Waals surface area contributed by atoms with Crippen molar-refractivity contribution in [1.29, 1.82) is 0 Å². The molecular weight excluding hydrogens is 532 g/mol. The number of rotatable bonds is 8. The fourth-order valence-corrected chi connectivity index (χ4v) is 4.58. The second-order valence-electron chi connectivity index (χ2n) is 9.57. The molecule has 3 aromatic rings. The number of carbonyl (C=O) groups excluding carboxylic acids is 4. The van der Waals surface area contributed by atoms with E-state index in [2.05, 4.69) is 0 Å². The molecule has 0 aliphatic carbocycles. The average Bonchev–Trinajstić information content (AvgIpc) is 3.56. The van der Waals surface area contributed by atoms with Gasteiger partial charge in [-0.1, -0.05) is 19.1 Å². The molecule has 10 heteroatoms. The highest BCUT2D eigenvalue weighted by Crippen LogP contribution is 2.31. The predicted molar refractivity (Wildman–Crippen MR) is 143 cm³/mol. The number of esters is 4. The number of fused-ring (bicyclic) bond motifs is 1. The maximum Gasteiger partial charge on any atom is 0.343 e. The Morgan fingerprint density at radius 2 is 1.05 bits per heavy atom. The first-order valence-corrected chi connectivity index (χ1v) is 13.2. The van der Waals surface area contributed by atoms with E-state index in [9.17, 15) is 19.2 Å². The fourth-order valence-electron chi connectivity index (χ4n) is 4.58. The summed E-state index contributed by atoms with van der Waals surface area (Å²) in [5.74, 6) is -1.63. The minimum atomic E-state index is -0.644. The summed E-state index contributed by atoms with van der Waals surface area (Å²) in [5, 5.41) is 0. The molecule has 212 valence electrons. The molecule has 0 N–H and O–H groups in total. The smallest absolute Gasteiger partial charge is 0.343 e. The van der Waals surface area contributed by atoms with Gasteiger partial charge in [-0.3, -0.25) is 4.79 Å².